The fourth-order valence-corrected chi connectivity index (χ4v) is 1.76. The molecule has 0 saturated carbocycles. The highest BCUT2D eigenvalue weighted by Gasteiger charge is 2.02. The van der Waals surface area contributed by atoms with Crippen molar-refractivity contribution in [2.75, 3.05) is 52.7 Å². The lowest BCUT2D eigenvalue weighted by Gasteiger charge is -2.13. The lowest BCUT2D eigenvalue weighted by Crippen LogP contribution is -2.30. The quantitative estimate of drug-likeness (QED) is 0.252. The van der Waals surface area contributed by atoms with Crippen LogP contribution in [0.1, 0.15) is 39.5 Å². The van der Waals surface area contributed by atoms with Crippen molar-refractivity contribution in [1.82, 2.24) is 5.32 Å². The number of hydrogen-bond acceptors (Lipinski definition) is 7. The molecule has 5 N–H and O–H groups in total. The van der Waals surface area contributed by atoms with Crippen LogP contribution in [0.5, 0.6) is 0 Å². The summed E-state index contributed by atoms with van der Waals surface area (Å²) in [5.41, 5.74) is 11.4. The molecule has 0 aromatic carbocycles. The average Bonchev–Trinajstić information content (AvgIpc) is 2.55. The second kappa shape index (κ2) is 18.1. The first-order valence-electron chi connectivity index (χ1n) is 8.81. The van der Waals surface area contributed by atoms with E-state index < -0.39 is 0 Å². The van der Waals surface area contributed by atoms with Crippen LogP contribution in [0.2, 0.25) is 0 Å². The molecular formula is C16H37N3O4. The topological polar surface area (TPSA) is 101 Å². The summed E-state index contributed by atoms with van der Waals surface area (Å²) in [6, 6.07) is 0. The zero-order valence-electron chi connectivity index (χ0n) is 14.9. The molecule has 0 heterocycles. The van der Waals surface area contributed by atoms with Crippen LogP contribution in [0.25, 0.3) is 0 Å². The van der Waals surface area contributed by atoms with Crippen molar-refractivity contribution in [3.8, 4) is 0 Å². The predicted molar refractivity (Wildman–Crippen MR) is 92.2 cm³/mol. The van der Waals surface area contributed by atoms with E-state index in [1.165, 1.54) is 0 Å². The highest BCUT2D eigenvalue weighted by molar-refractivity contribution is 4.50. The van der Waals surface area contributed by atoms with Crippen molar-refractivity contribution in [2.24, 2.45) is 11.5 Å². The second-order valence-electron chi connectivity index (χ2n) is 5.43. The molecule has 0 amide bonds. The summed E-state index contributed by atoms with van der Waals surface area (Å²) < 4.78 is 21.5. The molecule has 0 rings (SSSR count). The van der Waals surface area contributed by atoms with E-state index in [9.17, 15) is 0 Å². The Morgan fingerprint density at radius 2 is 1.17 bits per heavy atom. The Bertz CT molecular complexity index is 213. The minimum absolute atomic E-state index is 0.312. The zero-order chi connectivity index (χ0) is 17.2. The van der Waals surface area contributed by atoms with Gasteiger partial charge in [-0.3, -0.25) is 0 Å². The third-order valence-corrected chi connectivity index (χ3v) is 2.92. The van der Waals surface area contributed by atoms with E-state index in [1.54, 1.807) is 0 Å². The molecule has 0 saturated heterocycles. The van der Waals surface area contributed by atoms with Gasteiger partial charge in [0.25, 0.3) is 0 Å². The monoisotopic (exact) mass is 335 g/mol. The first kappa shape index (κ1) is 22.7. The second-order valence-corrected chi connectivity index (χ2v) is 5.43. The summed E-state index contributed by atoms with van der Waals surface area (Å²) in [5, 5.41) is 3.35. The van der Waals surface area contributed by atoms with E-state index in [2.05, 4.69) is 19.2 Å². The van der Waals surface area contributed by atoms with E-state index in [0.29, 0.717) is 39.6 Å². The van der Waals surface area contributed by atoms with E-state index in [-0.39, 0.29) is 12.5 Å². The third kappa shape index (κ3) is 17.9. The molecule has 0 fully saturated rings. The van der Waals surface area contributed by atoms with Gasteiger partial charge in [0.15, 0.2) is 0 Å². The van der Waals surface area contributed by atoms with Crippen molar-refractivity contribution < 1.29 is 18.9 Å². The van der Waals surface area contributed by atoms with Crippen LogP contribution >= 0.6 is 0 Å². The van der Waals surface area contributed by atoms with E-state index in [1.807, 2.05) is 0 Å². The Kier molecular flexibility index (Phi) is 17.8. The molecule has 7 heteroatoms. The lowest BCUT2D eigenvalue weighted by molar-refractivity contribution is -0.0140. The highest BCUT2D eigenvalue weighted by atomic mass is 16.5. The average molecular weight is 335 g/mol. The van der Waals surface area contributed by atoms with Gasteiger partial charge in [-0.1, -0.05) is 13.8 Å². The molecule has 0 aliphatic heterocycles. The van der Waals surface area contributed by atoms with Gasteiger partial charge in [0.1, 0.15) is 12.5 Å². The fourth-order valence-electron chi connectivity index (χ4n) is 1.76. The van der Waals surface area contributed by atoms with Gasteiger partial charge in [0.2, 0.25) is 0 Å². The minimum atomic E-state index is -0.312. The van der Waals surface area contributed by atoms with Crippen molar-refractivity contribution in [1.29, 1.82) is 0 Å². The van der Waals surface area contributed by atoms with Crippen LogP contribution in [0.15, 0.2) is 0 Å². The van der Waals surface area contributed by atoms with Gasteiger partial charge < -0.3 is 35.7 Å². The summed E-state index contributed by atoms with van der Waals surface area (Å²) in [6.45, 7) is 9.61. The van der Waals surface area contributed by atoms with Gasteiger partial charge in [-0.05, 0) is 38.8 Å². The zero-order valence-corrected chi connectivity index (χ0v) is 14.9. The molecule has 23 heavy (non-hydrogen) atoms. The van der Waals surface area contributed by atoms with Gasteiger partial charge in [-0.25, -0.2) is 0 Å². The molecule has 140 valence electrons. The Labute approximate surface area is 141 Å². The molecular weight excluding hydrogens is 298 g/mol. The number of rotatable bonds is 18. The maximum Gasteiger partial charge on any atom is 0.129 e. The molecule has 0 aromatic rings. The first-order valence-corrected chi connectivity index (χ1v) is 8.81. The summed E-state index contributed by atoms with van der Waals surface area (Å²) in [5.74, 6) is 0. The van der Waals surface area contributed by atoms with Crippen LogP contribution in [0, 0.1) is 0 Å². The SMILES string of the molecule is CCCOC(N)COCCCNCCCOCC(N)OCCC. The molecule has 0 spiro atoms. The summed E-state index contributed by atoms with van der Waals surface area (Å²) in [4.78, 5) is 0. The molecule has 7 nitrogen and oxygen atoms in total. The highest BCUT2D eigenvalue weighted by Crippen LogP contribution is 1.91. The molecule has 0 radical (unpaired) electrons. The Hall–Kier alpha value is -0.280. The summed E-state index contributed by atoms with van der Waals surface area (Å²) >= 11 is 0. The van der Waals surface area contributed by atoms with Gasteiger partial charge in [0.05, 0.1) is 13.2 Å². The predicted octanol–water partition coefficient (Wildman–Crippen LogP) is 0.812. The number of ether oxygens (including phenoxy) is 4. The van der Waals surface area contributed by atoms with Crippen molar-refractivity contribution >= 4 is 0 Å². The summed E-state index contributed by atoms with van der Waals surface area (Å²) in [7, 11) is 0. The standard InChI is InChI=1S/C16H37N3O4/c1-3-9-22-15(17)13-20-11-5-7-19-8-6-12-21-14-16(18)23-10-4-2/h15-16,19H,3-14,17-18H2,1-2H3. The van der Waals surface area contributed by atoms with Crippen LogP contribution in [-0.2, 0) is 18.9 Å². The van der Waals surface area contributed by atoms with E-state index in [4.69, 9.17) is 30.4 Å². The van der Waals surface area contributed by atoms with Crippen LogP contribution < -0.4 is 16.8 Å². The molecule has 0 aliphatic carbocycles. The molecule has 0 aromatic heterocycles. The van der Waals surface area contributed by atoms with Crippen LogP contribution in [-0.4, -0.2) is 65.2 Å². The number of nitrogens with one attached hydrogen (secondary N) is 1. The summed E-state index contributed by atoms with van der Waals surface area (Å²) in [6.07, 6.45) is 3.23. The maximum absolute atomic E-state index is 5.72. The van der Waals surface area contributed by atoms with Crippen molar-refractivity contribution in [3.05, 3.63) is 0 Å². The Balaban J connectivity index is 3.13. The van der Waals surface area contributed by atoms with Crippen LogP contribution in [0.3, 0.4) is 0 Å². The van der Waals surface area contributed by atoms with Crippen LogP contribution in [0.4, 0.5) is 0 Å². The van der Waals surface area contributed by atoms with Gasteiger partial charge in [-0.15, -0.1) is 0 Å². The van der Waals surface area contributed by atoms with Gasteiger partial charge in [0, 0.05) is 26.4 Å². The maximum atomic E-state index is 5.72. The molecule has 2 atom stereocenters. The lowest BCUT2D eigenvalue weighted by atomic mass is 10.4. The Morgan fingerprint density at radius 3 is 1.57 bits per heavy atom. The first-order chi connectivity index (χ1) is 11.2. The molecule has 2 unspecified atom stereocenters. The number of hydrogen-bond donors (Lipinski definition) is 3. The van der Waals surface area contributed by atoms with Crippen molar-refractivity contribution in [3.63, 3.8) is 0 Å². The number of nitrogens with two attached hydrogens (primary N) is 2. The van der Waals surface area contributed by atoms with E-state index in [0.717, 1.165) is 38.8 Å². The Morgan fingerprint density at radius 1 is 0.739 bits per heavy atom. The van der Waals surface area contributed by atoms with Gasteiger partial charge in [-0.2, -0.15) is 0 Å². The molecule has 0 bridgehead atoms. The smallest absolute Gasteiger partial charge is 0.129 e. The van der Waals surface area contributed by atoms with Crippen molar-refractivity contribution in [2.45, 2.75) is 52.0 Å². The van der Waals surface area contributed by atoms with E-state index >= 15 is 0 Å². The normalized spacial score (nSPS) is 14.1. The largest absolute Gasteiger partial charge is 0.377 e. The molecule has 0 aliphatic rings. The fraction of sp³-hybridized carbons (Fsp3) is 1.00. The van der Waals surface area contributed by atoms with Gasteiger partial charge >= 0.3 is 0 Å². The third-order valence-electron chi connectivity index (χ3n) is 2.92. The minimum Gasteiger partial charge on any atom is -0.377 e.